The molecule has 0 saturated carbocycles. The van der Waals surface area contributed by atoms with Crippen molar-refractivity contribution >= 4 is 34.0 Å². The maximum atomic E-state index is 12.6. The minimum Gasteiger partial charge on any atom is -0.462 e. The van der Waals surface area contributed by atoms with Crippen LogP contribution in [0, 0.1) is 0 Å². The number of hydrogen-bond donors (Lipinski definition) is 1. The van der Waals surface area contributed by atoms with Gasteiger partial charge >= 0.3 is 5.97 Å². The van der Waals surface area contributed by atoms with E-state index in [-0.39, 0.29) is 6.04 Å². The Kier molecular flexibility index (Phi) is 5.94. The van der Waals surface area contributed by atoms with E-state index in [0.717, 1.165) is 36.7 Å². The molecular weight excluding hydrogens is 340 g/mol. The molecule has 1 aromatic carbocycles. The number of fused-ring (bicyclic) bond motifs is 2. The normalized spacial score (nSPS) is 12.6. The van der Waals surface area contributed by atoms with Crippen molar-refractivity contribution in [3.63, 3.8) is 0 Å². The molecule has 0 fully saturated rings. The average molecular weight is 368 g/mol. The van der Waals surface area contributed by atoms with Crippen molar-refractivity contribution in [3.05, 3.63) is 29.8 Å². The third kappa shape index (κ3) is 3.61. The summed E-state index contributed by atoms with van der Waals surface area (Å²) in [5.41, 5.74) is 9.53. The van der Waals surface area contributed by atoms with E-state index >= 15 is 0 Å². The van der Waals surface area contributed by atoms with Gasteiger partial charge in [-0.3, -0.25) is 0 Å². The van der Waals surface area contributed by atoms with Crippen LogP contribution in [0.5, 0.6) is 0 Å². The Hall–Kier alpha value is -2.63. The Bertz CT molecular complexity index is 948. The number of carbonyl (C=O) groups is 1. The minimum atomic E-state index is -0.438. The number of benzene rings is 1. The van der Waals surface area contributed by atoms with Gasteiger partial charge in [-0.15, -0.1) is 0 Å². The van der Waals surface area contributed by atoms with Crippen molar-refractivity contribution in [3.8, 4) is 0 Å². The van der Waals surface area contributed by atoms with E-state index in [2.05, 4.69) is 13.8 Å². The van der Waals surface area contributed by atoms with Gasteiger partial charge in [0, 0.05) is 6.04 Å². The average Bonchev–Trinajstić information content (AvgIpc) is 2.95. The molecule has 0 saturated heterocycles. The van der Waals surface area contributed by atoms with E-state index in [1.165, 1.54) is 6.42 Å². The van der Waals surface area contributed by atoms with Gasteiger partial charge in [-0.1, -0.05) is 45.2 Å². The van der Waals surface area contributed by atoms with Crippen molar-refractivity contribution in [1.29, 1.82) is 0 Å². The number of rotatable bonds is 8. The number of nitrogens with zero attached hydrogens (tertiary/aromatic N) is 3. The summed E-state index contributed by atoms with van der Waals surface area (Å²) in [5, 5.41) is 0. The van der Waals surface area contributed by atoms with Gasteiger partial charge in [0.05, 0.1) is 17.6 Å². The summed E-state index contributed by atoms with van der Waals surface area (Å²) in [6.07, 6.45) is 5.36. The summed E-state index contributed by atoms with van der Waals surface area (Å²) >= 11 is 0. The van der Waals surface area contributed by atoms with Crippen molar-refractivity contribution in [1.82, 2.24) is 14.5 Å². The van der Waals surface area contributed by atoms with E-state index in [0.29, 0.717) is 29.2 Å². The van der Waals surface area contributed by atoms with Gasteiger partial charge in [0.2, 0.25) is 0 Å². The zero-order valence-corrected chi connectivity index (χ0v) is 16.4. The smallest absolute Gasteiger partial charge is 0.344 e. The first-order valence-corrected chi connectivity index (χ1v) is 9.85. The SMILES string of the molecule is CCCCCC(CC)n1c(N)c(C(=O)OCC)c2nc3ccccc3nc21. The fourth-order valence-electron chi connectivity index (χ4n) is 3.60. The lowest BCUT2D eigenvalue weighted by atomic mass is 10.1. The van der Waals surface area contributed by atoms with Crippen LogP contribution in [0.2, 0.25) is 0 Å². The number of para-hydroxylation sites is 2. The zero-order valence-electron chi connectivity index (χ0n) is 16.4. The fraction of sp³-hybridized carbons (Fsp3) is 0.476. The first-order valence-electron chi connectivity index (χ1n) is 9.85. The Morgan fingerprint density at radius 2 is 1.85 bits per heavy atom. The molecule has 1 unspecified atom stereocenters. The van der Waals surface area contributed by atoms with Crippen LogP contribution in [-0.4, -0.2) is 27.1 Å². The molecule has 6 nitrogen and oxygen atoms in total. The highest BCUT2D eigenvalue weighted by atomic mass is 16.5. The Balaban J connectivity index is 2.22. The molecule has 2 heterocycles. The number of aromatic nitrogens is 3. The van der Waals surface area contributed by atoms with E-state index in [9.17, 15) is 4.79 Å². The molecule has 0 spiro atoms. The van der Waals surface area contributed by atoms with Crippen molar-refractivity contribution in [2.24, 2.45) is 0 Å². The number of ether oxygens (including phenoxy) is 1. The number of nitrogen functional groups attached to an aromatic ring is 1. The summed E-state index contributed by atoms with van der Waals surface area (Å²) in [6.45, 7) is 6.41. The first-order chi connectivity index (χ1) is 13.1. The molecule has 0 radical (unpaired) electrons. The van der Waals surface area contributed by atoms with E-state index in [4.69, 9.17) is 20.4 Å². The molecule has 0 aliphatic heterocycles. The zero-order chi connectivity index (χ0) is 19.4. The maximum absolute atomic E-state index is 12.6. The standard InChI is InChI=1S/C21H28N4O2/c1-4-7-8-11-14(5-2)25-19(22)17(21(26)27-6-3)18-20(25)24-16-13-10-9-12-15(16)23-18/h9-10,12-14H,4-8,11,22H2,1-3H3. The van der Waals surface area contributed by atoms with Crippen molar-refractivity contribution in [2.75, 3.05) is 12.3 Å². The van der Waals surface area contributed by atoms with Crippen molar-refractivity contribution in [2.45, 2.75) is 58.9 Å². The molecule has 6 heteroatoms. The lowest BCUT2D eigenvalue weighted by Gasteiger charge is -2.19. The predicted molar refractivity (Wildman–Crippen MR) is 109 cm³/mol. The number of anilines is 1. The van der Waals surface area contributed by atoms with Crippen LogP contribution in [0.1, 0.15) is 69.3 Å². The number of nitrogens with two attached hydrogens (primary N) is 1. The monoisotopic (exact) mass is 368 g/mol. The highest BCUT2D eigenvalue weighted by Gasteiger charge is 2.27. The molecule has 1 atom stereocenters. The van der Waals surface area contributed by atoms with Crippen LogP contribution in [0.4, 0.5) is 5.82 Å². The van der Waals surface area contributed by atoms with E-state index in [1.54, 1.807) is 6.92 Å². The van der Waals surface area contributed by atoms with Gasteiger partial charge in [-0.2, -0.15) is 0 Å². The van der Waals surface area contributed by atoms with Crippen LogP contribution in [0.25, 0.3) is 22.2 Å². The second-order valence-electron chi connectivity index (χ2n) is 6.79. The van der Waals surface area contributed by atoms with E-state index < -0.39 is 5.97 Å². The molecule has 144 valence electrons. The van der Waals surface area contributed by atoms with Crippen LogP contribution in [-0.2, 0) is 4.74 Å². The Morgan fingerprint density at radius 3 is 2.48 bits per heavy atom. The summed E-state index contributed by atoms with van der Waals surface area (Å²) < 4.78 is 7.25. The quantitative estimate of drug-likeness (QED) is 0.453. The molecule has 27 heavy (non-hydrogen) atoms. The molecule has 2 N–H and O–H groups in total. The topological polar surface area (TPSA) is 83.0 Å². The molecule has 0 aliphatic rings. The highest BCUT2D eigenvalue weighted by molar-refractivity contribution is 6.08. The number of hydrogen-bond acceptors (Lipinski definition) is 5. The lowest BCUT2D eigenvalue weighted by Crippen LogP contribution is -2.14. The summed E-state index contributed by atoms with van der Waals surface area (Å²) in [7, 11) is 0. The molecule has 3 rings (SSSR count). The van der Waals surface area contributed by atoms with Crippen molar-refractivity contribution < 1.29 is 9.53 Å². The Labute approximate surface area is 159 Å². The van der Waals surface area contributed by atoms with Gasteiger partial charge in [-0.25, -0.2) is 14.8 Å². The number of carbonyl (C=O) groups excluding carboxylic acids is 1. The largest absolute Gasteiger partial charge is 0.462 e. The lowest BCUT2D eigenvalue weighted by molar-refractivity contribution is 0.0529. The predicted octanol–water partition coefficient (Wildman–Crippen LogP) is 4.87. The van der Waals surface area contributed by atoms with Gasteiger partial charge < -0.3 is 15.0 Å². The summed E-state index contributed by atoms with van der Waals surface area (Å²) in [5.74, 6) is -0.0335. The minimum absolute atomic E-state index is 0.178. The van der Waals surface area contributed by atoms with Gasteiger partial charge in [-0.05, 0) is 31.9 Å². The summed E-state index contributed by atoms with van der Waals surface area (Å²) in [6, 6.07) is 7.84. The second kappa shape index (κ2) is 8.37. The first kappa shape index (κ1) is 19.1. The van der Waals surface area contributed by atoms with Crippen LogP contribution in [0.3, 0.4) is 0 Å². The summed E-state index contributed by atoms with van der Waals surface area (Å²) in [4.78, 5) is 22.1. The molecule has 2 aromatic heterocycles. The van der Waals surface area contributed by atoms with Gasteiger partial charge in [0.1, 0.15) is 16.9 Å². The molecular formula is C21H28N4O2. The highest BCUT2D eigenvalue weighted by Crippen LogP contribution is 2.34. The Morgan fingerprint density at radius 1 is 1.15 bits per heavy atom. The molecule has 0 amide bonds. The van der Waals surface area contributed by atoms with Crippen LogP contribution >= 0.6 is 0 Å². The molecule has 3 aromatic rings. The molecule has 0 aliphatic carbocycles. The van der Waals surface area contributed by atoms with Crippen LogP contribution in [0.15, 0.2) is 24.3 Å². The van der Waals surface area contributed by atoms with Gasteiger partial charge in [0.25, 0.3) is 0 Å². The maximum Gasteiger partial charge on any atom is 0.344 e. The third-order valence-corrected chi connectivity index (χ3v) is 4.99. The fourth-order valence-corrected chi connectivity index (χ4v) is 3.60. The van der Waals surface area contributed by atoms with Crippen LogP contribution < -0.4 is 5.73 Å². The van der Waals surface area contributed by atoms with E-state index in [1.807, 2.05) is 28.8 Å². The van der Waals surface area contributed by atoms with Gasteiger partial charge in [0.15, 0.2) is 5.65 Å². The molecule has 0 bridgehead atoms. The number of unbranched alkanes of at least 4 members (excludes halogenated alkanes) is 2. The second-order valence-corrected chi connectivity index (χ2v) is 6.79. The third-order valence-electron chi connectivity index (χ3n) is 4.99. The number of esters is 1.